The van der Waals surface area contributed by atoms with Crippen molar-refractivity contribution in [3.63, 3.8) is 0 Å². The van der Waals surface area contributed by atoms with Crippen molar-refractivity contribution in [3.05, 3.63) is 34.2 Å². The van der Waals surface area contributed by atoms with E-state index in [9.17, 15) is 14.4 Å². The van der Waals surface area contributed by atoms with Crippen LogP contribution in [0.4, 0.5) is 0 Å². The third-order valence-electron chi connectivity index (χ3n) is 6.18. The zero-order chi connectivity index (χ0) is 20.4. The largest absolute Gasteiger partial charge is 0.355 e. The van der Waals surface area contributed by atoms with Crippen molar-refractivity contribution >= 4 is 22.8 Å². The maximum absolute atomic E-state index is 13.0. The van der Waals surface area contributed by atoms with E-state index in [1.54, 1.807) is 17.0 Å². The van der Waals surface area contributed by atoms with E-state index in [1.165, 1.54) is 0 Å². The van der Waals surface area contributed by atoms with Gasteiger partial charge in [-0.05, 0) is 43.9 Å². The van der Waals surface area contributed by atoms with Crippen molar-refractivity contribution in [3.8, 4) is 0 Å². The van der Waals surface area contributed by atoms with Crippen LogP contribution in [0.5, 0.6) is 0 Å². The molecule has 1 atom stereocenters. The molecule has 2 aromatic rings. The van der Waals surface area contributed by atoms with Gasteiger partial charge in [-0.25, -0.2) is 4.79 Å². The SMILES string of the molecule is NCCNC(=O)C1CCCN(C(=O)c2ccc3c(c2)[nH]c(=O)n3C2CCCC2)C1. The van der Waals surface area contributed by atoms with Crippen LogP contribution >= 0.6 is 0 Å². The van der Waals surface area contributed by atoms with E-state index in [1.807, 2.05) is 10.6 Å². The Morgan fingerprint density at radius 3 is 2.72 bits per heavy atom. The number of hydrogen-bond acceptors (Lipinski definition) is 4. The van der Waals surface area contributed by atoms with Gasteiger partial charge in [0.05, 0.1) is 17.0 Å². The van der Waals surface area contributed by atoms with Gasteiger partial charge < -0.3 is 20.9 Å². The van der Waals surface area contributed by atoms with Gasteiger partial charge in [0.25, 0.3) is 5.91 Å². The average molecular weight is 399 g/mol. The number of nitrogens with one attached hydrogen (secondary N) is 2. The Bertz CT molecular complexity index is 957. The highest BCUT2D eigenvalue weighted by Gasteiger charge is 2.29. The van der Waals surface area contributed by atoms with Crippen molar-refractivity contribution in [2.45, 2.75) is 44.6 Å². The summed E-state index contributed by atoms with van der Waals surface area (Å²) in [4.78, 5) is 42.4. The molecular weight excluding hydrogens is 370 g/mol. The molecule has 4 N–H and O–H groups in total. The molecule has 156 valence electrons. The second-order valence-corrected chi connectivity index (χ2v) is 8.14. The Balaban J connectivity index is 1.52. The molecular formula is C21H29N5O3. The van der Waals surface area contributed by atoms with Crippen molar-refractivity contribution in [1.29, 1.82) is 0 Å². The highest BCUT2D eigenvalue weighted by molar-refractivity contribution is 5.97. The van der Waals surface area contributed by atoms with Gasteiger partial charge in [-0.3, -0.25) is 14.2 Å². The standard InChI is InChI=1S/C21H29N5O3/c22-9-10-23-19(27)15-4-3-11-25(13-15)20(28)14-7-8-18-17(12-14)24-21(29)26(18)16-5-1-2-6-16/h7-8,12,15-16H,1-6,9-11,13,22H2,(H,23,27)(H,24,29). The summed E-state index contributed by atoms with van der Waals surface area (Å²) < 4.78 is 1.84. The molecule has 2 fully saturated rings. The maximum atomic E-state index is 13.0. The van der Waals surface area contributed by atoms with Crippen LogP contribution < -0.4 is 16.7 Å². The minimum Gasteiger partial charge on any atom is -0.355 e. The molecule has 2 amide bonds. The van der Waals surface area contributed by atoms with Crippen LogP contribution in [-0.4, -0.2) is 52.4 Å². The number of imidazole rings is 1. The van der Waals surface area contributed by atoms with Crippen LogP contribution in [0, 0.1) is 5.92 Å². The van der Waals surface area contributed by atoms with Crippen LogP contribution in [0.15, 0.2) is 23.0 Å². The third kappa shape index (κ3) is 3.94. The Morgan fingerprint density at radius 2 is 1.97 bits per heavy atom. The second-order valence-electron chi connectivity index (χ2n) is 8.14. The molecule has 1 aromatic carbocycles. The molecule has 1 saturated heterocycles. The molecule has 2 heterocycles. The van der Waals surface area contributed by atoms with Gasteiger partial charge in [-0.1, -0.05) is 12.8 Å². The predicted molar refractivity (Wildman–Crippen MR) is 111 cm³/mol. The van der Waals surface area contributed by atoms with Crippen molar-refractivity contribution in [2.75, 3.05) is 26.2 Å². The fourth-order valence-corrected chi connectivity index (χ4v) is 4.69. The molecule has 0 radical (unpaired) electrons. The molecule has 1 aliphatic heterocycles. The number of amides is 2. The molecule has 0 spiro atoms. The number of benzene rings is 1. The van der Waals surface area contributed by atoms with Gasteiger partial charge in [0, 0.05) is 37.8 Å². The number of rotatable bonds is 5. The number of hydrogen-bond donors (Lipinski definition) is 3. The fraction of sp³-hybridized carbons (Fsp3) is 0.571. The summed E-state index contributed by atoms with van der Waals surface area (Å²) in [6, 6.07) is 5.67. The highest BCUT2D eigenvalue weighted by atomic mass is 16.2. The quantitative estimate of drug-likeness (QED) is 0.705. The van der Waals surface area contributed by atoms with Gasteiger partial charge in [0.2, 0.25) is 5.91 Å². The van der Waals surface area contributed by atoms with E-state index in [0.717, 1.165) is 44.0 Å². The van der Waals surface area contributed by atoms with Gasteiger partial charge in [0.1, 0.15) is 0 Å². The number of nitrogens with zero attached hydrogens (tertiary/aromatic N) is 2. The first kappa shape index (κ1) is 19.7. The van der Waals surface area contributed by atoms with Crippen LogP contribution in [0.3, 0.4) is 0 Å². The maximum Gasteiger partial charge on any atom is 0.326 e. The molecule has 1 aromatic heterocycles. The summed E-state index contributed by atoms with van der Waals surface area (Å²) in [5, 5.41) is 2.82. The minimum atomic E-state index is -0.203. The van der Waals surface area contributed by atoms with Crippen molar-refractivity contribution in [1.82, 2.24) is 19.8 Å². The number of H-pyrrole nitrogens is 1. The zero-order valence-electron chi connectivity index (χ0n) is 16.7. The zero-order valence-corrected chi connectivity index (χ0v) is 16.7. The average Bonchev–Trinajstić information content (AvgIpc) is 3.37. The lowest BCUT2D eigenvalue weighted by Crippen LogP contribution is -2.46. The minimum absolute atomic E-state index is 0.0404. The smallest absolute Gasteiger partial charge is 0.326 e. The Hall–Kier alpha value is -2.61. The van der Waals surface area contributed by atoms with E-state index in [2.05, 4.69) is 10.3 Å². The van der Waals surface area contributed by atoms with Gasteiger partial charge in [-0.15, -0.1) is 0 Å². The van der Waals surface area contributed by atoms with Crippen LogP contribution in [0.1, 0.15) is 54.9 Å². The first-order valence-corrected chi connectivity index (χ1v) is 10.6. The molecule has 2 aliphatic rings. The van der Waals surface area contributed by atoms with Gasteiger partial charge >= 0.3 is 5.69 Å². The number of likely N-dealkylation sites (tertiary alicyclic amines) is 1. The highest BCUT2D eigenvalue weighted by Crippen LogP contribution is 2.31. The van der Waals surface area contributed by atoms with Crippen LogP contribution in [0.25, 0.3) is 11.0 Å². The Labute approximate surface area is 169 Å². The topological polar surface area (TPSA) is 113 Å². The molecule has 4 rings (SSSR count). The first-order chi connectivity index (χ1) is 14.1. The van der Waals surface area contributed by atoms with Crippen LogP contribution in [0.2, 0.25) is 0 Å². The monoisotopic (exact) mass is 399 g/mol. The summed E-state index contributed by atoms with van der Waals surface area (Å²) >= 11 is 0. The van der Waals surface area contributed by atoms with Gasteiger partial charge in [-0.2, -0.15) is 0 Å². The molecule has 1 aliphatic carbocycles. The molecule has 1 unspecified atom stereocenters. The number of piperidine rings is 1. The van der Waals surface area contributed by atoms with E-state index < -0.39 is 0 Å². The summed E-state index contributed by atoms with van der Waals surface area (Å²) in [6.45, 7) is 1.90. The van der Waals surface area contributed by atoms with Crippen molar-refractivity contribution in [2.24, 2.45) is 11.7 Å². The summed E-state index contributed by atoms with van der Waals surface area (Å²) in [6.07, 6.45) is 5.91. The van der Waals surface area contributed by atoms with E-state index >= 15 is 0 Å². The number of carbonyl (C=O) groups excluding carboxylic acids is 2. The lowest BCUT2D eigenvalue weighted by molar-refractivity contribution is -0.126. The second kappa shape index (κ2) is 8.41. The van der Waals surface area contributed by atoms with Gasteiger partial charge in [0.15, 0.2) is 0 Å². The third-order valence-corrected chi connectivity index (χ3v) is 6.18. The van der Waals surface area contributed by atoms with Crippen molar-refractivity contribution < 1.29 is 9.59 Å². The van der Waals surface area contributed by atoms with Crippen LogP contribution in [-0.2, 0) is 4.79 Å². The summed E-state index contributed by atoms with van der Waals surface area (Å²) in [5.74, 6) is -0.342. The lowest BCUT2D eigenvalue weighted by atomic mass is 9.96. The predicted octanol–water partition coefficient (Wildman–Crippen LogP) is 1.37. The number of carbonyl (C=O) groups is 2. The molecule has 0 bridgehead atoms. The number of aromatic amines is 1. The Kier molecular flexibility index (Phi) is 5.71. The molecule has 8 heteroatoms. The summed E-state index contributed by atoms with van der Waals surface area (Å²) in [5.41, 5.74) is 7.44. The van der Waals surface area contributed by atoms with E-state index in [0.29, 0.717) is 37.3 Å². The number of nitrogens with two attached hydrogens (primary N) is 1. The molecule has 8 nitrogen and oxygen atoms in total. The van der Waals surface area contributed by atoms with E-state index in [4.69, 9.17) is 5.73 Å². The lowest BCUT2D eigenvalue weighted by Gasteiger charge is -2.32. The normalized spacial score (nSPS) is 20.3. The fourth-order valence-electron chi connectivity index (χ4n) is 4.69. The number of aromatic nitrogens is 2. The van der Waals surface area contributed by atoms with E-state index in [-0.39, 0.29) is 29.5 Å². The first-order valence-electron chi connectivity index (χ1n) is 10.6. The molecule has 29 heavy (non-hydrogen) atoms. The summed E-state index contributed by atoms with van der Waals surface area (Å²) in [7, 11) is 0. The molecule has 1 saturated carbocycles. The Morgan fingerprint density at radius 1 is 1.17 bits per heavy atom. The number of fused-ring (bicyclic) bond motifs is 1.